The van der Waals surface area contributed by atoms with E-state index in [9.17, 15) is 0 Å². The summed E-state index contributed by atoms with van der Waals surface area (Å²) >= 11 is 0. The Bertz CT molecular complexity index is 541. The molecule has 2 atom stereocenters. The highest BCUT2D eigenvalue weighted by Crippen LogP contribution is 2.36. The number of para-hydroxylation sites is 1. The van der Waals surface area contributed by atoms with Crippen LogP contribution in [0.25, 0.3) is 10.9 Å². The number of fused-ring (bicyclic) bond motifs is 1. The molecule has 1 aromatic heterocycles. The van der Waals surface area contributed by atoms with Crippen LogP contribution in [0.3, 0.4) is 0 Å². The average molecular weight is 242 g/mol. The molecule has 96 valence electrons. The first kappa shape index (κ1) is 11.8. The first-order chi connectivity index (χ1) is 8.79. The van der Waals surface area contributed by atoms with E-state index in [0.717, 1.165) is 13.0 Å². The number of aromatic nitrogens is 1. The number of hydrogen-bond acceptors (Lipinski definition) is 1. The van der Waals surface area contributed by atoms with Gasteiger partial charge in [-0.05, 0) is 43.7 Å². The SMILES string of the molecule is CCn1cc(C2CCCC(N)C2)c2ccccc21. The fraction of sp³-hybridized carbons (Fsp3) is 0.500. The maximum Gasteiger partial charge on any atom is 0.0483 e. The summed E-state index contributed by atoms with van der Waals surface area (Å²) < 4.78 is 2.37. The van der Waals surface area contributed by atoms with Gasteiger partial charge in [0.2, 0.25) is 0 Å². The summed E-state index contributed by atoms with van der Waals surface area (Å²) in [5.41, 5.74) is 9.02. The van der Waals surface area contributed by atoms with Gasteiger partial charge in [0.1, 0.15) is 0 Å². The molecule has 1 fully saturated rings. The molecular weight excluding hydrogens is 220 g/mol. The number of rotatable bonds is 2. The zero-order valence-electron chi connectivity index (χ0n) is 11.1. The molecular formula is C16H22N2. The average Bonchev–Trinajstić information content (AvgIpc) is 2.77. The van der Waals surface area contributed by atoms with E-state index in [1.54, 1.807) is 0 Å². The number of nitrogens with zero attached hydrogens (tertiary/aromatic N) is 1. The quantitative estimate of drug-likeness (QED) is 0.856. The van der Waals surface area contributed by atoms with E-state index in [4.69, 9.17) is 5.73 Å². The minimum Gasteiger partial charge on any atom is -0.347 e. The van der Waals surface area contributed by atoms with Crippen molar-refractivity contribution in [2.24, 2.45) is 5.73 Å². The molecule has 2 N–H and O–H groups in total. The van der Waals surface area contributed by atoms with Crippen molar-refractivity contribution in [1.29, 1.82) is 0 Å². The second-order valence-electron chi connectivity index (χ2n) is 5.51. The van der Waals surface area contributed by atoms with Crippen LogP contribution in [0.5, 0.6) is 0 Å². The molecule has 2 nitrogen and oxygen atoms in total. The zero-order valence-corrected chi connectivity index (χ0v) is 11.1. The van der Waals surface area contributed by atoms with Crippen molar-refractivity contribution in [3.63, 3.8) is 0 Å². The van der Waals surface area contributed by atoms with E-state index in [1.807, 2.05) is 0 Å². The number of aryl methyl sites for hydroxylation is 1. The molecule has 1 saturated carbocycles. The van der Waals surface area contributed by atoms with Gasteiger partial charge in [0, 0.05) is 29.7 Å². The van der Waals surface area contributed by atoms with Gasteiger partial charge < -0.3 is 10.3 Å². The normalized spacial score (nSPS) is 24.6. The van der Waals surface area contributed by atoms with Crippen LogP contribution in [0, 0.1) is 0 Å². The Balaban J connectivity index is 2.05. The summed E-state index contributed by atoms with van der Waals surface area (Å²) in [6, 6.07) is 9.16. The predicted molar refractivity (Wildman–Crippen MR) is 76.8 cm³/mol. The summed E-state index contributed by atoms with van der Waals surface area (Å²) in [6.45, 7) is 3.25. The Labute approximate surface area is 109 Å². The lowest BCUT2D eigenvalue weighted by Crippen LogP contribution is -2.26. The van der Waals surface area contributed by atoms with E-state index >= 15 is 0 Å². The van der Waals surface area contributed by atoms with Gasteiger partial charge in [-0.2, -0.15) is 0 Å². The fourth-order valence-corrected chi connectivity index (χ4v) is 3.37. The van der Waals surface area contributed by atoms with Gasteiger partial charge in [0.15, 0.2) is 0 Å². The highest BCUT2D eigenvalue weighted by atomic mass is 14.9. The van der Waals surface area contributed by atoms with Crippen molar-refractivity contribution < 1.29 is 0 Å². The lowest BCUT2D eigenvalue weighted by atomic mass is 9.81. The molecule has 18 heavy (non-hydrogen) atoms. The molecule has 2 aromatic rings. The lowest BCUT2D eigenvalue weighted by Gasteiger charge is -2.26. The van der Waals surface area contributed by atoms with Crippen molar-refractivity contribution in [3.8, 4) is 0 Å². The molecule has 0 aliphatic heterocycles. The summed E-state index contributed by atoms with van der Waals surface area (Å²) in [5, 5.41) is 1.43. The van der Waals surface area contributed by atoms with Crippen molar-refractivity contribution in [3.05, 3.63) is 36.0 Å². The Morgan fingerprint density at radius 3 is 2.89 bits per heavy atom. The Hall–Kier alpha value is -1.28. The van der Waals surface area contributed by atoms with Crippen LogP contribution < -0.4 is 5.73 Å². The molecule has 1 heterocycles. The van der Waals surface area contributed by atoms with Crippen molar-refractivity contribution in [2.75, 3.05) is 0 Å². The third kappa shape index (κ3) is 1.95. The Kier molecular flexibility index (Phi) is 3.13. The molecule has 0 bridgehead atoms. The Morgan fingerprint density at radius 1 is 1.28 bits per heavy atom. The highest BCUT2D eigenvalue weighted by molar-refractivity contribution is 5.84. The first-order valence-electron chi connectivity index (χ1n) is 7.13. The molecule has 0 radical (unpaired) electrons. The van der Waals surface area contributed by atoms with Crippen LogP contribution in [0.2, 0.25) is 0 Å². The zero-order chi connectivity index (χ0) is 12.5. The van der Waals surface area contributed by atoms with Crippen LogP contribution in [0.15, 0.2) is 30.5 Å². The van der Waals surface area contributed by atoms with Crippen molar-refractivity contribution >= 4 is 10.9 Å². The third-order valence-corrected chi connectivity index (χ3v) is 4.31. The highest BCUT2D eigenvalue weighted by Gasteiger charge is 2.23. The molecule has 1 aliphatic carbocycles. The largest absolute Gasteiger partial charge is 0.347 e. The lowest BCUT2D eigenvalue weighted by molar-refractivity contribution is 0.394. The van der Waals surface area contributed by atoms with E-state index < -0.39 is 0 Å². The Morgan fingerprint density at radius 2 is 2.11 bits per heavy atom. The monoisotopic (exact) mass is 242 g/mol. The molecule has 0 spiro atoms. The molecule has 0 amide bonds. The van der Waals surface area contributed by atoms with Gasteiger partial charge >= 0.3 is 0 Å². The summed E-state index contributed by atoms with van der Waals surface area (Å²) in [5.74, 6) is 0.659. The van der Waals surface area contributed by atoms with Crippen molar-refractivity contribution in [1.82, 2.24) is 4.57 Å². The van der Waals surface area contributed by atoms with Gasteiger partial charge in [-0.25, -0.2) is 0 Å². The fourth-order valence-electron chi connectivity index (χ4n) is 3.37. The van der Waals surface area contributed by atoms with Crippen LogP contribution >= 0.6 is 0 Å². The van der Waals surface area contributed by atoms with E-state index in [-0.39, 0.29) is 0 Å². The number of benzene rings is 1. The molecule has 1 aliphatic rings. The second kappa shape index (κ2) is 4.77. The summed E-state index contributed by atoms with van der Waals surface area (Å²) in [4.78, 5) is 0. The standard InChI is InChI=1S/C16H22N2/c1-2-18-11-15(12-6-5-7-13(17)10-12)14-8-3-4-9-16(14)18/h3-4,8-9,11-13H,2,5-7,10,17H2,1H3. The molecule has 3 rings (SSSR count). The van der Waals surface area contributed by atoms with Gasteiger partial charge in [-0.3, -0.25) is 0 Å². The van der Waals surface area contributed by atoms with Crippen LogP contribution in [-0.4, -0.2) is 10.6 Å². The van der Waals surface area contributed by atoms with Crippen LogP contribution in [0.4, 0.5) is 0 Å². The predicted octanol–water partition coefficient (Wildman–Crippen LogP) is 3.65. The minimum atomic E-state index is 0.396. The second-order valence-corrected chi connectivity index (χ2v) is 5.51. The van der Waals surface area contributed by atoms with Gasteiger partial charge in [0.25, 0.3) is 0 Å². The third-order valence-electron chi connectivity index (χ3n) is 4.31. The van der Waals surface area contributed by atoms with Gasteiger partial charge in [0.05, 0.1) is 0 Å². The summed E-state index contributed by atoms with van der Waals surface area (Å²) in [6.07, 6.45) is 7.27. The minimum absolute atomic E-state index is 0.396. The van der Waals surface area contributed by atoms with Gasteiger partial charge in [-0.15, -0.1) is 0 Å². The first-order valence-corrected chi connectivity index (χ1v) is 7.13. The maximum absolute atomic E-state index is 6.14. The smallest absolute Gasteiger partial charge is 0.0483 e. The van der Waals surface area contributed by atoms with E-state index in [0.29, 0.717) is 12.0 Å². The number of hydrogen-bond donors (Lipinski definition) is 1. The number of nitrogens with two attached hydrogens (primary N) is 1. The van der Waals surface area contributed by atoms with Crippen LogP contribution in [0.1, 0.15) is 44.1 Å². The summed E-state index contributed by atoms with van der Waals surface area (Å²) in [7, 11) is 0. The molecule has 1 aromatic carbocycles. The van der Waals surface area contributed by atoms with E-state index in [2.05, 4.69) is 42.0 Å². The van der Waals surface area contributed by atoms with Crippen LogP contribution in [-0.2, 0) is 6.54 Å². The van der Waals surface area contributed by atoms with Crippen molar-refractivity contribution in [2.45, 2.75) is 51.1 Å². The molecule has 0 saturated heterocycles. The van der Waals surface area contributed by atoms with Gasteiger partial charge in [-0.1, -0.05) is 24.6 Å². The topological polar surface area (TPSA) is 30.9 Å². The molecule has 2 unspecified atom stereocenters. The van der Waals surface area contributed by atoms with E-state index in [1.165, 1.54) is 35.7 Å². The molecule has 2 heteroatoms. The maximum atomic E-state index is 6.14.